The quantitative estimate of drug-likeness (QED) is 0.215. The Balaban J connectivity index is 1.67. The summed E-state index contributed by atoms with van der Waals surface area (Å²) >= 11 is 0. The number of carbonyl (C=O) groups is 2. The fourth-order valence-corrected chi connectivity index (χ4v) is 5.70. The zero-order valence-electron chi connectivity index (χ0n) is 23.8. The van der Waals surface area contributed by atoms with Crippen LogP contribution >= 0.6 is 0 Å². The standard InChI is InChI=1S/C33H33N3O7/c1-23-20-36(32(41)34-31(23)40)28-15-9-8-14-27(28)33(24-10-4-2-5-11-24,25-12-6-3-7-13-25)35-18-19-42-26(21-35)22-43-30(39)17-16-29(37)38/h2-15,20,26H,16-19,21-22H2,1H3,(H,37,38)(H,34,40,41)/t26-/m0/s1. The Morgan fingerprint density at radius 1 is 0.953 bits per heavy atom. The molecule has 2 N–H and O–H groups in total. The third-order valence-corrected chi connectivity index (χ3v) is 7.64. The molecule has 0 aliphatic carbocycles. The Morgan fingerprint density at radius 3 is 2.23 bits per heavy atom. The number of esters is 1. The molecule has 10 heteroatoms. The number of nitrogens with one attached hydrogen (secondary N) is 1. The van der Waals surface area contributed by atoms with E-state index in [1.165, 1.54) is 4.57 Å². The summed E-state index contributed by atoms with van der Waals surface area (Å²) < 4.78 is 12.9. The number of morpholine rings is 1. The molecule has 1 atom stereocenters. The van der Waals surface area contributed by atoms with Gasteiger partial charge in [0.1, 0.15) is 12.7 Å². The van der Waals surface area contributed by atoms with Crippen LogP contribution in [0.2, 0.25) is 0 Å². The summed E-state index contributed by atoms with van der Waals surface area (Å²) in [6.45, 7) is 2.85. The molecule has 4 aromatic rings. The van der Waals surface area contributed by atoms with Gasteiger partial charge in [0, 0.05) is 30.4 Å². The first kappa shape index (κ1) is 29.7. The normalized spacial score (nSPS) is 15.6. The minimum Gasteiger partial charge on any atom is -0.481 e. The first-order valence-corrected chi connectivity index (χ1v) is 14.1. The molecule has 0 amide bonds. The highest BCUT2D eigenvalue weighted by molar-refractivity contribution is 5.76. The van der Waals surface area contributed by atoms with Gasteiger partial charge in [-0.3, -0.25) is 28.8 Å². The molecule has 2 heterocycles. The van der Waals surface area contributed by atoms with Gasteiger partial charge in [0.25, 0.3) is 5.56 Å². The number of aryl methyl sites for hydroxylation is 1. The van der Waals surface area contributed by atoms with Gasteiger partial charge in [-0.2, -0.15) is 0 Å². The second-order valence-electron chi connectivity index (χ2n) is 10.4. The van der Waals surface area contributed by atoms with Crippen molar-refractivity contribution in [1.82, 2.24) is 14.5 Å². The molecule has 222 valence electrons. The van der Waals surface area contributed by atoms with Crippen LogP contribution in [-0.4, -0.2) is 63.9 Å². The lowest BCUT2D eigenvalue weighted by molar-refractivity contribution is -0.154. The van der Waals surface area contributed by atoms with Crippen LogP contribution < -0.4 is 11.2 Å². The second-order valence-corrected chi connectivity index (χ2v) is 10.4. The third kappa shape index (κ3) is 6.20. The Morgan fingerprint density at radius 2 is 1.58 bits per heavy atom. The number of carboxylic acids is 1. The van der Waals surface area contributed by atoms with Gasteiger partial charge in [-0.25, -0.2) is 4.79 Å². The van der Waals surface area contributed by atoms with E-state index in [1.54, 1.807) is 13.1 Å². The molecule has 10 nitrogen and oxygen atoms in total. The minimum atomic E-state index is -1.07. The maximum absolute atomic E-state index is 13.2. The largest absolute Gasteiger partial charge is 0.481 e. The van der Waals surface area contributed by atoms with Crippen molar-refractivity contribution >= 4 is 11.9 Å². The maximum Gasteiger partial charge on any atom is 0.332 e. The molecule has 5 rings (SSSR count). The Kier molecular flexibility index (Phi) is 8.98. The number of carboxylic acid groups (broad SMARTS) is 1. The monoisotopic (exact) mass is 583 g/mol. The van der Waals surface area contributed by atoms with Crippen LogP contribution in [-0.2, 0) is 24.6 Å². The van der Waals surface area contributed by atoms with E-state index < -0.39 is 34.8 Å². The zero-order chi connectivity index (χ0) is 30.4. The van der Waals surface area contributed by atoms with Crippen molar-refractivity contribution in [2.24, 2.45) is 0 Å². The number of hydrogen-bond acceptors (Lipinski definition) is 7. The summed E-state index contributed by atoms with van der Waals surface area (Å²) in [6, 6.07) is 27.5. The van der Waals surface area contributed by atoms with Crippen LogP contribution in [0.25, 0.3) is 5.69 Å². The van der Waals surface area contributed by atoms with Crippen molar-refractivity contribution in [2.45, 2.75) is 31.4 Å². The average Bonchev–Trinajstić information content (AvgIpc) is 3.03. The van der Waals surface area contributed by atoms with Gasteiger partial charge in [-0.1, -0.05) is 78.9 Å². The zero-order valence-corrected chi connectivity index (χ0v) is 23.8. The van der Waals surface area contributed by atoms with Crippen molar-refractivity contribution in [3.63, 3.8) is 0 Å². The molecule has 1 aromatic heterocycles. The number of carbonyl (C=O) groups excluding carboxylic acids is 1. The number of para-hydroxylation sites is 1. The highest BCUT2D eigenvalue weighted by Crippen LogP contribution is 2.45. The molecule has 1 fully saturated rings. The van der Waals surface area contributed by atoms with Crippen molar-refractivity contribution in [3.05, 3.63) is 134 Å². The molecule has 0 radical (unpaired) electrons. The van der Waals surface area contributed by atoms with Crippen LogP contribution in [0.1, 0.15) is 35.1 Å². The molecule has 3 aromatic carbocycles. The molecule has 0 saturated carbocycles. The van der Waals surface area contributed by atoms with Gasteiger partial charge in [-0.15, -0.1) is 0 Å². The lowest BCUT2D eigenvalue weighted by Gasteiger charge is -2.49. The van der Waals surface area contributed by atoms with Crippen molar-refractivity contribution in [2.75, 3.05) is 26.3 Å². The van der Waals surface area contributed by atoms with E-state index >= 15 is 0 Å². The molecule has 1 aliphatic rings. The van der Waals surface area contributed by atoms with Crippen LogP contribution in [0.5, 0.6) is 0 Å². The van der Waals surface area contributed by atoms with Crippen LogP contribution in [0.15, 0.2) is 101 Å². The van der Waals surface area contributed by atoms with Crippen LogP contribution in [0.4, 0.5) is 0 Å². The fourth-order valence-electron chi connectivity index (χ4n) is 5.70. The first-order chi connectivity index (χ1) is 20.8. The van der Waals surface area contributed by atoms with E-state index in [0.717, 1.165) is 16.7 Å². The number of H-pyrrole nitrogens is 1. The fraction of sp³-hybridized carbons (Fsp3) is 0.273. The Bertz CT molecular complexity index is 1660. The van der Waals surface area contributed by atoms with E-state index in [4.69, 9.17) is 14.6 Å². The number of aromatic nitrogens is 2. The lowest BCUT2D eigenvalue weighted by atomic mass is 9.74. The number of hydrogen-bond donors (Lipinski definition) is 2. The summed E-state index contributed by atoms with van der Waals surface area (Å²) in [5, 5.41) is 8.90. The number of aromatic amines is 1. The predicted molar refractivity (Wildman–Crippen MR) is 159 cm³/mol. The van der Waals surface area contributed by atoms with Gasteiger partial charge in [0.15, 0.2) is 0 Å². The molecular formula is C33H33N3O7. The topological polar surface area (TPSA) is 131 Å². The summed E-state index contributed by atoms with van der Waals surface area (Å²) in [6.07, 6.45) is 0.547. The SMILES string of the molecule is Cc1cn(-c2ccccc2C(c2ccccc2)(c2ccccc2)N2CCO[C@H](COC(=O)CCC(=O)O)C2)c(=O)[nH]c1=O. The molecular weight excluding hydrogens is 550 g/mol. The summed E-state index contributed by atoms with van der Waals surface area (Å²) in [5.74, 6) is -1.67. The smallest absolute Gasteiger partial charge is 0.332 e. The van der Waals surface area contributed by atoms with Crippen molar-refractivity contribution in [1.29, 1.82) is 0 Å². The van der Waals surface area contributed by atoms with E-state index in [0.29, 0.717) is 30.9 Å². The van der Waals surface area contributed by atoms with Crippen LogP contribution in [0.3, 0.4) is 0 Å². The Hall–Kier alpha value is -4.80. The molecule has 0 bridgehead atoms. The van der Waals surface area contributed by atoms with Gasteiger partial charge >= 0.3 is 17.6 Å². The van der Waals surface area contributed by atoms with E-state index in [-0.39, 0.29) is 19.4 Å². The van der Waals surface area contributed by atoms with Gasteiger partial charge in [0.05, 0.1) is 30.7 Å². The molecule has 0 spiro atoms. The number of nitrogens with zero attached hydrogens (tertiary/aromatic N) is 2. The number of ether oxygens (including phenoxy) is 2. The Labute approximate surface area is 248 Å². The molecule has 43 heavy (non-hydrogen) atoms. The first-order valence-electron chi connectivity index (χ1n) is 14.1. The minimum absolute atomic E-state index is 0.0329. The summed E-state index contributed by atoms with van der Waals surface area (Å²) in [7, 11) is 0. The van der Waals surface area contributed by atoms with E-state index in [1.807, 2.05) is 84.9 Å². The number of benzene rings is 3. The van der Waals surface area contributed by atoms with Crippen molar-refractivity contribution < 1.29 is 24.2 Å². The summed E-state index contributed by atoms with van der Waals surface area (Å²) in [4.78, 5) is 53.2. The molecule has 0 unspecified atom stereocenters. The average molecular weight is 584 g/mol. The highest BCUT2D eigenvalue weighted by Gasteiger charge is 2.45. The van der Waals surface area contributed by atoms with E-state index in [9.17, 15) is 19.2 Å². The van der Waals surface area contributed by atoms with Crippen molar-refractivity contribution in [3.8, 4) is 5.69 Å². The lowest BCUT2D eigenvalue weighted by Crippen LogP contribution is -2.56. The summed E-state index contributed by atoms with van der Waals surface area (Å²) in [5.41, 5.74) is 1.77. The third-order valence-electron chi connectivity index (χ3n) is 7.64. The number of rotatable bonds is 10. The highest BCUT2D eigenvalue weighted by atomic mass is 16.6. The van der Waals surface area contributed by atoms with Crippen LogP contribution in [0, 0.1) is 6.92 Å². The van der Waals surface area contributed by atoms with Gasteiger partial charge in [-0.05, 0) is 24.1 Å². The second kappa shape index (κ2) is 13.0. The molecule has 1 aliphatic heterocycles. The predicted octanol–water partition coefficient (Wildman–Crippen LogP) is 3.23. The number of aliphatic carboxylic acids is 1. The van der Waals surface area contributed by atoms with E-state index in [2.05, 4.69) is 9.88 Å². The van der Waals surface area contributed by atoms with Gasteiger partial charge in [0.2, 0.25) is 0 Å². The van der Waals surface area contributed by atoms with Gasteiger partial charge < -0.3 is 14.6 Å². The molecule has 1 saturated heterocycles. The maximum atomic E-state index is 13.2.